The second-order valence-corrected chi connectivity index (χ2v) is 2.62. The van der Waals surface area contributed by atoms with E-state index in [-0.39, 0.29) is 0 Å². The molecule has 55 valence electrons. The third-order valence-electron chi connectivity index (χ3n) is 1.12. The van der Waals surface area contributed by atoms with Crippen LogP contribution in [0.5, 0.6) is 0 Å². The quantitative estimate of drug-likeness (QED) is 0.557. The molecular weight excluding hydrogens is 116 g/mol. The van der Waals surface area contributed by atoms with Crippen LogP contribution < -0.4 is 0 Å². The van der Waals surface area contributed by atoms with Crippen LogP contribution in [-0.4, -0.2) is 16.5 Å². The first kappa shape index (κ1) is 8.92. The van der Waals surface area contributed by atoms with E-state index < -0.39 is 6.29 Å². The molecule has 2 heteroatoms. The molecule has 0 aliphatic rings. The normalized spacial score (nSPS) is 11.3. The van der Waals surface area contributed by atoms with Crippen molar-refractivity contribution < 1.29 is 10.2 Å². The summed E-state index contributed by atoms with van der Waals surface area (Å²) in [5.74, 6) is 0.639. The largest absolute Gasteiger partial charge is 0.368 e. The molecule has 0 unspecified atom stereocenters. The fourth-order valence-electron chi connectivity index (χ4n) is 0.579. The van der Waals surface area contributed by atoms with Crippen LogP contribution in [0.4, 0.5) is 0 Å². The van der Waals surface area contributed by atoms with Crippen molar-refractivity contribution in [3.63, 3.8) is 0 Å². The van der Waals surface area contributed by atoms with Gasteiger partial charge in [0.15, 0.2) is 6.29 Å². The van der Waals surface area contributed by atoms with E-state index in [1.165, 1.54) is 6.42 Å². The summed E-state index contributed by atoms with van der Waals surface area (Å²) >= 11 is 0. The van der Waals surface area contributed by atoms with E-state index in [9.17, 15) is 0 Å². The lowest BCUT2D eigenvalue weighted by Gasteiger charge is -2.04. The van der Waals surface area contributed by atoms with Gasteiger partial charge < -0.3 is 10.2 Å². The first-order valence-corrected chi connectivity index (χ1v) is 3.32. The molecule has 2 nitrogen and oxygen atoms in total. The Balaban J connectivity index is 2.91. The van der Waals surface area contributed by atoms with E-state index >= 15 is 0 Å². The number of aliphatic hydroxyl groups excluding tert-OH is 1. The lowest BCUT2D eigenvalue weighted by atomic mass is 10.1. The molecule has 0 atom stereocenters. The van der Waals surface area contributed by atoms with Crippen LogP contribution in [-0.2, 0) is 0 Å². The Labute approximate surface area is 56.5 Å². The Bertz CT molecular complexity index is 51.9. The number of aliphatic hydroxyl groups is 2. The monoisotopic (exact) mass is 131 g/mol. The van der Waals surface area contributed by atoms with Crippen LogP contribution in [0.1, 0.15) is 26.7 Å². The lowest BCUT2D eigenvalue weighted by molar-refractivity contribution is -0.0142. The van der Waals surface area contributed by atoms with Crippen molar-refractivity contribution in [1.82, 2.24) is 0 Å². The number of hydrogen-bond acceptors (Lipinski definition) is 2. The number of rotatable bonds is 4. The third kappa shape index (κ3) is 7.92. The minimum absolute atomic E-state index is 0.639. The Morgan fingerprint density at radius 2 is 1.89 bits per heavy atom. The molecule has 0 aliphatic heterocycles. The van der Waals surface area contributed by atoms with E-state index in [0.717, 1.165) is 12.8 Å². The van der Waals surface area contributed by atoms with Gasteiger partial charge >= 0.3 is 0 Å². The molecular formula is C7H15O2. The highest BCUT2D eigenvalue weighted by Crippen LogP contribution is 2.05. The molecule has 0 aromatic rings. The smallest absolute Gasteiger partial charge is 0.154 e. The molecule has 0 aromatic heterocycles. The van der Waals surface area contributed by atoms with Gasteiger partial charge in [-0.1, -0.05) is 20.3 Å². The molecule has 0 saturated heterocycles. The molecule has 0 bridgehead atoms. The highest BCUT2D eigenvalue weighted by atomic mass is 16.5. The fourth-order valence-corrected chi connectivity index (χ4v) is 0.579. The fraction of sp³-hybridized carbons (Fsp3) is 0.857. The minimum atomic E-state index is -1.23. The van der Waals surface area contributed by atoms with Crippen molar-refractivity contribution in [2.75, 3.05) is 0 Å². The Morgan fingerprint density at radius 3 is 2.22 bits per heavy atom. The third-order valence-corrected chi connectivity index (χ3v) is 1.12. The molecule has 1 radical (unpaired) electrons. The Kier molecular flexibility index (Phi) is 4.72. The van der Waals surface area contributed by atoms with Gasteiger partial charge in [-0.25, -0.2) is 0 Å². The summed E-state index contributed by atoms with van der Waals surface area (Å²) in [6, 6.07) is 0. The second-order valence-electron chi connectivity index (χ2n) is 2.62. The molecule has 2 N–H and O–H groups in total. The van der Waals surface area contributed by atoms with Crippen molar-refractivity contribution >= 4 is 0 Å². The van der Waals surface area contributed by atoms with Crippen LogP contribution >= 0.6 is 0 Å². The standard InChI is InChI=1S/C7H15O2/c1-6(2)4-3-5-7(8)9/h5-9H,3-4H2,1-2H3. The molecule has 0 spiro atoms. The summed E-state index contributed by atoms with van der Waals surface area (Å²) in [5, 5.41) is 16.7. The van der Waals surface area contributed by atoms with Gasteiger partial charge in [-0.3, -0.25) is 0 Å². The maximum Gasteiger partial charge on any atom is 0.154 e. The van der Waals surface area contributed by atoms with Crippen molar-refractivity contribution in [2.24, 2.45) is 5.92 Å². The zero-order valence-corrected chi connectivity index (χ0v) is 6.04. The van der Waals surface area contributed by atoms with E-state index in [1.54, 1.807) is 0 Å². The topological polar surface area (TPSA) is 40.5 Å². The molecule has 0 fully saturated rings. The predicted octanol–water partition coefficient (Wildman–Crippen LogP) is 0.938. The van der Waals surface area contributed by atoms with Crippen molar-refractivity contribution in [3.8, 4) is 0 Å². The van der Waals surface area contributed by atoms with Crippen LogP contribution in [0.2, 0.25) is 0 Å². The van der Waals surface area contributed by atoms with Crippen LogP contribution in [0.3, 0.4) is 0 Å². The van der Waals surface area contributed by atoms with Gasteiger partial charge in [0.05, 0.1) is 0 Å². The highest BCUT2D eigenvalue weighted by Gasteiger charge is 1.98. The molecule has 0 amide bonds. The first-order valence-electron chi connectivity index (χ1n) is 3.32. The van der Waals surface area contributed by atoms with E-state index in [1.807, 2.05) is 0 Å². The SMILES string of the molecule is CC(C)CC[CH]C(O)O. The zero-order valence-electron chi connectivity index (χ0n) is 6.04. The van der Waals surface area contributed by atoms with Gasteiger partial charge in [-0.05, 0) is 12.3 Å². The minimum Gasteiger partial charge on any atom is -0.368 e. The maximum absolute atomic E-state index is 8.37. The van der Waals surface area contributed by atoms with Gasteiger partial charge in [0, 0.05) is 6.42 Å². The summed E-state index contributed by atoms with van der Waals surface area (Å²) in [4.78, 5) is 0. The summed E-state index contributed by atoms with van der Waals surface area (Å²) in [6.07, 6.45) is 2.08. The van der Waals surface area contributed by atoms with E-state index in [4.69, 9.17) is 10.2 Å². The van der Waals surface area contributed by atoms with Gasteiger partial charge in [0.25, 0.3) is 0 Å². The molecule has 0 saturated carbocycles. The summed E-state index contributed by atoms with van der Waals surface area (Å²) in [7, 11) is 0. The van der Waals surface area contributed by atoms with Crippen LogP contribution in [0.15, 0.2) is 0 Å². The average molecular weight is 131 g/mol. The lowest BCUT2D eigenvalue weighted by Crippen LogP contribution is -2.04. The summed E-state index contributed by atoms with van der Waals surface area (Å²) in [6.45, 7) is 4.22. The van der Waals surface area contributed by atoms with Gasteiger partial charge in [0.1, 0.15) is 0 Å². The van der Waals surface area contributed by atoms with Crippen molar-refractivity contribution in [2.45, 2.75) is 33.0 Å². The molecule has 0 rings (SSSR count). The van der Waals surface area contributed by atoms with Crippen LogP contribution in [0, 0.1) is 12.3 Å². The Morgan fingerprint density at radius 1 is 1.33 bits per heavy atom. The summed E-state index contributed by atoms with van der Waals surface area (Å²) in [5.41, 5.74) is 0. The van der Waals surface area contributed by atoms with E-state index in [0.29, 0.717) is 5.92 Å². The van der Waals surface area contributed by atoms with Crippen LogP contribution in [0.25, 0.3) is 0 Å². The maximum atomic E-state index is 8.37. The second kappa shape index (κ2) is 4.77. The molecule has 0 aromatic carbocycles. The molecule has 9 heavy (non-hydrogen) atoms. The van der Waals surface area contributed by atoms with Crippen molar-refractivity contribution in [1.29, 1.82) is 0 Å². The van der Waals surface area contributed by atoms with E-state index in [2.05, 4.69) is 13.8 Å². The predicted molar refractivity (Wildman–Crippen MR) is 36.6 cm³/mol. The van der Waals surface area contributed by atoms with Gasteiger partial charge in [-0.15, -0.1) is 0 Å². The summed E-state index contributed by atoms with van der Waals surface area (Å²) < 4.78 is 0. The van der Waals surface area contributed by atoms with Gasteiger partial charge in [0.2, 0.25) is 0 Å². The van der Waals surface area contributed by atoms with Crippen molar-refractivity contribution in [3.05, 3.63) is 6.42 Å². The average Bonchev–Trinajstić information content (AvgIpc) is 1.63. The Hall–Kier alpha value is -0.0800. The van der Waals surface area contributed by atoms with Gasteiger partial charge in [-0.2, -0.15) is 0 Å². The molecule has 0 heterocycles. The number of hydrogen-bond donors (Lipinski definition) is 2. The first-order chi connectivity index (χ1) is 4.13. The molecule has 0 aliphatic carbocycles. The zero-order chi connectivity index (χ0) is 7.28. The highest BCUT2D eigenvalue weighted by molar-refractivity contribution is 4.66.